The molecule has 1 atom stereocenters. The summed E-state index contributed by atoms with van der Waals surface area (Å²) < 4.78 is 7.45. The summed E-state index contributed by atoms with van der Waals surface area (Å²) in [5.74, 6) is -0.365. The van der Waals surface area contributed by atoms with Gasteiger partial charge in [0.1, 0.15) is 5.75 Å². The van der Waals surface area contributed by atoms with Crippen LogP contribution in [0, 0.1) is 5.92 Å². The molecule has 1 aliphatic carbocycles. The van der Waals surface area contributed by atoms with Crippen molar-refractivity contribution in [2.75, 3.05) is 5.32 Å². The van der Waals surface area contributed by atoms with Crippen molar-refractivity contribution in [1.29, 1.82) is 0 Å². The SMILES string of the molecule is CC(=O)Nc1ccc(OC(=O)C2CCc3c(c4ccccc4n3C(=O)c3ccccc3)C2)cc1. The van der Waals surface area contributed by atoms with Crippen molar-refractivity contribution < 1.29 is 19.1 Å². The number of aromatic nitrogens is 1. The fourth-order valence-corrected chi connectivity index (χ4v) is 4.66. The lowest BCUT2D eigenvalue weighted by Gasteiger charge is -2.22. The fraction of sp³-hybridized carbons (Fsp3) is 0.179. The van der Waals surface area contributed by atoms with E-state index in [1.165, 1.54) is 6.92 Å². The van der Waals surface area contributed by atoms with Crippen LogP contribution in [0.15, 0.2) is 78.9 Å². The molecule has 1 aliphatic rings. The summed E-state index contributed by atoms with van der Waals surface area (Å²) in [4.78, 5) is 37.5. The summed E-state index contributed by atoms with van der Waals surface area (Å²) in [5, 5.41) is 3.69. The third-order valence-electron chi connectivity index (χ3n) is 6.22. The van der Waals surface area contributed by atoms with Crippen LogP contribution in [0.2, 0.25) is 0 Å². The molecule has 0 saturated heterocycles. The first-order valence-corrected chi connectivity index (χ1v) is 11.3. The molecule has 1 heterocycles. The monoisotopic (exact) mass is 452 g/mol. The number of carbonyl (C=O) groups excluding carboxylic acids is 3. The maximum absolute atomic E-state index is 13.4. The number of esters is 1. The van der Waals surface area contributed by atoms with E-state index in [0.29, 0.717) is 36.3 Å². The predicted octanol–water partition coefficient (Wildman–Crippen LogP) is 5.00. The number of benzene rings is 3. The van der Waals surface area contributed by atoms with Crippen LogP contribution >= 0.6 is 0 Å². The summed E-state index contributed by atoms with van der Waals surface area (Å²) in [6.07, 6.45) is 1.74. The molecule has 6 nitrogen and oxygen atoms in total. The zero-order valence-electron chi connectivity index (χ0n) is 18.8. The minimum atomic E-state index is -0.298. The summed E-state index contributed by atoms with van der Waals surface area (Å²) in [6.45, 7) is 1.44. The second-order valence-electron chi connectivity index (χ2n) is 8.52. The van der Waals surface area contributed by atoms with Crippen LogP contribution in [0.5, 0.6) is 5.75 Å². The van der Waals surface area contributed by atoms with Crippen molar-refractivity contribution >= 4 is 34.4 Å². The smallest absolute Gasteiger partial charge is 0.314 e. The first-order chi connectivity index (χ1) is 16.5. The molecule has 4 aromatic rings. The number of para-hydroxylation sites is 1. The number of fused-ring (bicyclic) bond motifs is 3. The first kappa shape index (κ1) is 21.6. The third-order valence-corrected chi connectivity index (χ3v) is 6.22. The van der Waals surface area contributed by atoms with E-state index in [1.807, 2.05) is 59.2 Å². The summed E-state index contributed by atoms with van der Waals surface area (Å²) in [6, 6.07) is 23.9. The van der Waals surface area contributed by atoms with Crippen LogP contribution in [0.25, 0.3) is 10.9 Å². The number of nitrogens with zero attached hydrogens (tertiary/aromatic N) is 1. The van der Waals surface area contributed by atoms with Gasteiger partial charge in [-0.3, -0.25) is 19.0 Å². The number of ether oxygens (including phenoxy) is 1. The Labute approximate surface area is 197 Å². The van der Waals surface area contributed by atoms with Gasteiger partial charge in [0.15, 0.2) is 0 Å². The van der Waals surface area contributed by atoms with Gasteiger partial charge in [-0.2, -0.15) is 0 Å². The van der Waals surface area contributed by atoms with Gasteiger partial charge in [-0.15, -0.1) is 0 Å². The molecular weight excluding hydrogens is 428 g/mol. The Hall–Kier alpha value is -4.19. The quantitative estimate of drug-likeness (QED) is 0.349. The van der Waals surface area contributed by atoms with Crippen LogP contribution in [-0.4, -0.2) is 22.4 Å². The zero-order valence-corrected chi connectivity index (χ0v) is 18.8. The van der Waals surface area contributed by atoms with Crippen molar-refractivity contribution in [3.63, 3.8) is 0 Å². The lowest BCUT2D eigenvalue weighted by molar-refractivity contribution is -0.139. The van der Waals surface area contributed by atoms with Gasteiger partial charge >= 0.3 is 5.97 Å². The van der Waals surface area contributed by atoms with Crippen LogP contribution in [0.3, 0.4) is 0 Å². The molecule has 0 radical (unpaired) electrons. The summed E-state index contributed by atoms with van der Waals surface area (Å²) in [5.41, 5.74) is 4.15. The molecule has 1 unspecified atom stereocenters. The van der Waals surface area contributed by atoms with Crippen molar-refractivity contribution in [2.24, 2.45) is 5.92 Å². The average molecular weight is 453 g/mol. The maximum atomic E-state index is 13.4. The zero-order chi connectivity index (χ0) is 23.7. The number of anilines is 1. The van der Waals surface area contributed by atoms with Gasteiger partial charge in [0.25, 0.3) is 5.91 Å². The predicted molar refractivity (Wildman–Crippen MR) is 130 cm³/mol. The maximum Gasteiger partial charge on any atom is 0.314 e. The Balaban J connectivity index is 1.40. The Morgan fingerprint density at radius 1 is 0.912 bits per heavy atom. The molecule has 0 saturated carbocycles. The van der Waals surface area contributed by atoms with E-state index in [4.69, 9.17) is 4.74 Å². The van der Waals surface area contributed by atoms with Gasteiger partial charge in [-0.25, -0.2) is 0 Å². The summed E-state index contributed by atoms with van der Waals surface area (Å²) >= 11 is 0. The number of carbonyl (C=O) groups is 3. The third kappa shape index (κ3) is 4.10. The number of nitrogens with one attached hydrogen (secondary N) is 1. The van der Waals surface area contributed by atoms with Crippen molar-refractivity contribution in [1.82, 2.24) is 4.57 Å². The van der Waals surface area contributed by atoms with Gasteiger partial charge in [-0.1, -0.05) is 36.4 Å². The van der Waals surface area contributed by atoms with E-state index < -0.39 is 0 Å². The van der Waals surface area contributed by atoms with Crippen molar-refractivity contribution in [3.8, 4) is 5.75 Å². The molecule has 5 rings (SSSR count). The van der Waals surface area contributed by atoms with Crippen LogP contribution < -0.4 is 10.1 Å². The van der Waals surface area contributed by atoms with Crippen LogP contribution in [0.1, 0.15) is 35.0 Å². The molecule has 1 aromatic heterocycles. The minimum absolute atomic E-state index is 0.0571. The van der Waals surface area contributed by atoms with E-state index >= 15 is 0 Å². The van der Waals surface area contributed by atoms with Crippen LogP contribution in [0.4, 0.5) is 5.69 Å². The molecular formula is C28H24N2O4. The second-order valence-corrected chi connectivity index (χ2v) is 8.52. The van der Waals surface area contributed by atoms with E-state index in [1.54, 1.807) is 24.3 Å². The molecule has 3 aromatic carbocycles. The average Bonchev–Trinajstić information content (AvgIpc) is 3.18. The van der Waals surface area contributed by atoms with Gasteiger partial charge < -0.3 is 10.1 Å². The molecule has 0 fully saturated rings. The van der Waals surface area contributed by atoms with E-state index in [2.05, 4.69) is 5.32 Å². The van der Waals surface area contributed by atoms with Crippen molar-refractivity contribution in [3.05, 3.63) is 95.7 Å². The van der Waals surface area contributed by atoms with Gasteiger partial charge in [0.2, 0.25) is 5.91 Å². The minimum Gasteiger partial charge on any atom is -0.426 e. The Bertz CT molecular complexity index is 1390. The second kappa shape index (κ2) is 8.98. The molecule has 170 valence electrons. The molecule has 34 heavy (non-hydrogen) atoms. The number of amides is 1. The Morgan fingerprint density at radius 2 is 1.62 bits per heavy atom. The molecule has 1 N–H and O–H groups in total. The number of hydrogen-bond donors (Lipinski definition) is 1. The highest BCUT2D eigenvalue weighted by Gasteiger charge is 2.32. The fourth-order valence-electron chi connectivity index (χ4n) is 4.66. The first-order valence-electron chi connectivity index (χ1n) is 11.3. The molecule has 0 spiro atoms. The van der Waals surface area contributed by atoms with Crippen molar-refractivity contribution in [2.45, 2.75) is 26.2 Å². The lowest BCUT2D eigenvalue weighted by atomic mass is 9.86. The number of hydrogen-bond acceptors (Lipinski definition) is 4. The lowest BCUT2D eigenvalue weighted by Crippen LogP contribution is -2.28. The van der Waals surface area contributed by atoms with Gasteiger partial charge in [0, 0.05) is 29.3 Å². The number of rotatable bonds is 4. The molecule has 6 heteroatoms. The van der Waals surface area contributed by atoms with E-state index in [-0.39, 0.29) is 23.7 Å². The molecule has 0 bridgehead atoms. The molecule has 0 aliphatic heterocycles. The standard InChI is InChI=1S/C28H24N2O4/c1-18(31)29-21-12-14-22(15-13-21)34-28(33)20-11-16-26-24(17-20)23-9-5-6-10-25(23)30(26)27(32)19-7-3-2-4-8-19/h2-10,12-15,20H,11,16-17H2,1H3,(H,29,31). The Morgan fingerprint density at radius 3 is 2.35 bits per heavy atom. The van der Waals surface area contributed by atoms with E-state index in [0.717, 1.165) is 22.2 Å². The van der Waals surface area contributed by atoms with Gasteiger partial charge in [0.05, 0.1) is 11.4 Å². The van der Waals surface area contributed by atoms with Gasteiger partial charge in [-0.05, 0) is 67.3 Å². The summed E-state index contributed by atoms with van der Waals surface area (Å²) in [7, 11) is 0. The van der Waals surface area contributed by atoms with Crippen LogP contribution in [-0.2, 0) is 22.4 Å². The molecule has 1 amide bonds. The highest BCUT2D eigenvalue weighted by atomic mass is 16.5. The largest absolute Gasteiger partial charge is 0.426 e. The highest BCUT2D eigenvalue weighted by Crippen LogP contribution is 2.35. The van der Waals surface area contributed by atoms with E-state index in [9.17, 15) is 14.4 Å². The Kier molecular flexibility index (Phi) is 5.72. The normalized spacial score (nSPS) is 14.9. The highest BCUT2D eigenvalue weighted by molar-refractivity contribution is 6.04. The topological polar surface area (TPSA) is 77.4 Å².